The molecule has 0 saturated carbocycles. The number of rotatable bonds is 2. The van der Waals surface area contributed by atoms with Crippen molar-refractivity contribution in [2.45, 2.75) is 37.6 Å². The lowest BCUT2D eigenvalue weighted by atomic mass is 9.98. The maximum Gasteiger partial charge on any atom is 0.164 e. The van der Waals surface area contributed by atoms with Crippen LogP contribution in [0.15, 0.2) is 12.5 Å². The van der Waals surface area contributed by atoms with Crippen molar-refractivity contribution in [2.24, 2.45) is 0 Å². The van der Waals surface area contributed by atoms with Gasteiger partial charge in [-0.25, -0.2) is 4.98 Å². The molecule has 96 valence electrons. The highest BCUT2D eigenvalue weighted by Crippen LogP contribution is 2.28. The van der Waals surface area contributed by atoms with E-state index in [0.29, 0.717) is 0 Å². The van der Waals surface area contributed by atoms with Gasteiger partial charge in [-0.2, -0.15) is 0 Å². The summed E-state index contributed by atoms with van der Waals surface area (Å²) in [7, 11) is 0. The third kappa shape index (κ3) is 2.20. The molecule has 0 unspecified atom stereocenters. The van der Waals surface area contributed by atoms with Crippen LogP contribution in [0.3, 0.4) is 0 Å². The van der Waals surface area contributed by atoms with Crippen molar-refractivity contribution in [1.29, 1.82) is 0 Å². The highest BCUT2D eigenvalue weighted by atomic mass is 16.6. The van der Waals surface area contributed by atoms with Crippen molar-refractivity contribution in [3.8, 4) is 0 Å². The van der Waals surface area contributed by atoms with Gasteiger partial charge in [0.25, 0.3) is 0 Å². The van der Waals surface area contributed by atoms with Crippen LogP contribution in [0, 0.1) is 6.92 Å². The van der Waals surface area contributed by atoms with Gasteiger partial charge in [0.15, 0.2) is 6.23 Å². The zero-order valence-electron chi connectivity index (χ0n) is 9.34. The third-order valence-electron chi connectivity index (χ3n) is 2.89. The number of nitrogens with zero attached hydrogens (tertiary/aromatic N) is 2. The molecular weight excluding hydrogens is 228 g/mol. The summed E-state index contributed by atoms with van der Waals surface area (Å²) in [4.78, 5) is 3.99. The van der Waals surface area contributed by atoms with E-state index in [4.69, 9.17) is 9.84 Å². The second kappa shape index (κ2) is 4.71. The topological polar surface area (TPSA) is 108 Å². The summed E-state index contributed by atoms with van der Waals surface area (Å²) in [5.41, 5.74) is 0.738. The van der Waals surface area contributed by atoms with Crippen molar-refractivity contribution in [2.75, 3.05) is 6.61 Å². The van der Waals surface area contributed by atoms with Crippen LogP contribution >= 0.6 is 0 Å². The van der Waals surface area contributed by atoms with E-state index in [1.807, 2.05) is 0 Å². The largest absolute Gasteiger partial charge is 0.394 e. The van der Waals surface area contributed by atoms with Crippen molar-refractivity contribution in [3.63, 3.8) is 0 Å². The van der Waals surface area contributed by atoms with Crippen molar-refractivity contribution in [1.82, 2.24) is 9.55 Å². The lowest BCUT2D eigenvalue weighted by molar-refractivity contribution is -0.251. The minimum absolute atomic E-state index is 0.435. The highest BCUT2D eigenvalue weighted by molar-refractivity contribution is 4.97. The maximum atomic E-state index is 9.82. The fourth-order valence-corrected chi connectivity index (χ4v) is 1.91. The van der Waals surface area contributed by atoms with Gasteiger partial charge < -0.3 is 29.7 Å². The van der Waals surface area contributed by atoms with Gasteiger partial charge in [-0.1, -0.05) is 0 Å². The van der Waals surface area contributed by atoms with E-state index in [-0.39, 0.29) is 0 Å². The highest BCUT2D eigenvalue weighted by Gasteiger charge is 2.44. The quantitative estimate of drug-likeness (QED) is 0.487. The van der Waals surface area contributed by atoms with Gasteiger partial charge in [0, 0.05) is 6.20 Å². The smallest absolute Gasteiger partial charge is 0.164 e. The Morgan fingerprint density at radius 3 is 2.53 bits per heavy atom. The number of aliphatic hydroxyl groups excluding tert-OH is 4. The second-order valence-corrected chi connectivity index (χ2v) is 4.18. The summed E-state index contributed by atoms with van der Waals surface area (Å²) >= 11 is 0. The molecule has 0 aromatic carbocycles. The molecule has 1 aromatic heterocycles. The minimum atomic E-state index is -1.37. The van der Waals surface area contributed by atoms with Gasteiger partial charge in [0.1, 0.15) is 24.4 Å². The number of hydrogen-bond donors (Lipinski definition) is 4. The number of ether oxygens (including phenoxy) is 1. The molecule has 0 radical (unpaired) electrons. The molecule has 0 bridgehead atoms. The Bertz CT molecular complexity index is 381. The molecule has 7 heteroatoms. The van der Waals surface area contributed by atoms with Crippen LogP contribution in [0.4, 0.5) is 0 Å². The van der Waals surface area contributed by atoms with Crippen LogP contribution in [0.1, 0.15) is 11.9 Å². The van der Waals surface area contributed by atoms with E-state index in [0.717, 1.165) is 5.69 Å². The summed E-state index contributed by atoms with van der Waals surface area (Å²) < 4.78 is 6.84. The molecule has 1 aliphatic heterocycles. The van der Waals surface area contributed by atoms with E-state index in [1.54, 1.807) is 13.1 Å². The monoisotopic (exact) mass is 244 g/mol. The predicted molar refractivity (Wildman–Crippen MR) is 56.0 cm³/mol. The molecule has 2 rings (SSSR count). The standard InChI is InChI=1S/C10H16N2O5/c1-5-2-12(4-11-5)10-9(16)8(15)7(14)6(3-13)17-10/h2,4,6-10,13-16H,3H2,1H3/t6-,7-,8+,9-,10+/m1/s1. The fourth-order valence-electron chi connectivity index (χ4n) is 1.91. The molecule has 2 heterocycles. The molecule has 7 nitrogen and oxygen atoms in total. The van der Waals surface area contributed by atoms with E-state index in [2.05, 4.69) is 4.98 Å². The molecule has 1 saturated heterocycles. The van der Waals surface area contributed by atoms with Crippen molar-refractivity contribution >= 4 is 0 Å². The Labute approximate surface area is 97.9 Å². The van der Waals surface area contributed by atoms with Gasteiger partial charge in [-0.05, 0) is 6.92 Å². The lowest BCUT2D eigenvalue weighted by Gasteiger charge is -2.40. The van der Waals surface area contributed by atoms with Gasteiger partial charge >= 0.3 is 0 Å². The van der Waals surface area contributed by atoms with Gasteiger partial charge in [0.2, 0.25) is 0 Å². The number of aromatic nitrogens is 2. The average Bonchev–Trinajstić information content (AvgIpc) is 2.73. The number of aliphatic hydroxyl groups is 4. The molecule has 0 amide bonds. The average molecular weight is 244 g/mol. The lowest BCUT2D eigenvalue weighted by Crippen LogP contribution is -2.56. The molecular formula is C10H16N2O5. The summed E-state index contributed by atoms with van der Waals surface area (Å²) in [5.74, 6) is 0. The minimum Gasteiger partial charge on any atom is -0.394 e. The Hall–Kier alpha value is -0.990. The Morgan fingerprint density at radius 2 is 2.00 bits per heavy atom. The first kappa shape index (κ1) is 12.5. The van der Waals surface area contributed by atoms with E-state index in [1.165, 1.54) is 10.9 Å². The maximum absolute atomic E-state index is 9.82. The molecule has 1 fully saturated rings. The van der Waals surface area contributed by atoms with E-state index < -0.39 is 37.3 Å². The van der Waals surface area contributed by atoms with Crippen LogP contribution < -0.4 is 0 Å². The van der Waals surface area contributed by atoms with Crippen LogP contribution in [0.25, 0.3) is 0 Å². The van der Waals surface area contributed by atoms with Gasteiger partial charge in [-0.15, -0.1) is 0 Å². The normalized spacial score (nSPS) is 38.3. The Balaban J connectivity index is 2.22. The summed E-state index contributed by atoms with van der Waals surface area (Å²) in [6.07, 6.45) is -2.65. The van der Waals surface area contributed by atoms with Crippen molar-refractivity contribution < 1.29 is 25.2 Å². The van der Waals surface area contributed by atoms with Crippen LogP contribution in [0.5, 0.6) is 0 Å². The zero-order valence-corrected chi connectivity index (χ0v) is 9.34. The SMILES string of the molecule is Cc1cn([C@H]2O[C@H](CO)[C@@H](O)[C@H](O)[C@H]2O)cn1. The summed E-state index contributed by atoms with van der Waals surface area (Å²) in [6.45, 7) is 1.34. The zero-order chi connectivity index (χ0) is 12.6. The molecule has 1 aliphatic rings. The van der Waals surface area contributed by atoms with Crippen LogP contribution in [-0.2, 0) is 4.74 Å². The first-order valence-electron chi connectivity index (χ1n) is 5.35. The molecule has 1 aromatic rings. The third-order valence-corrected chi connectivity index (χ3v) is 2.89. The number of imidazole rings is 1. The Morgan fingerprint density at radius 1 is 1.29 bits per heavy atom. The summed E-state index contributed by atoms with van der Waals surface area (Å²) in [5, 5.41) is 38.1. The van der Waals surface area contributed by atoms with Crippen LogP contribution in [-0.4, -0.2) is 61.0 Å². The molecule has 0 spiro atoms. The van der Waals surface area contributed by atoms with Gasteiger partial charge in [0.05, 0.1) is 18.6 Å². The fraction of sp³-hybridized carbons (Fsp3) is 0.700. The molecule has 4 N–H and O–H groups in total. The number of hydrogen-bond acceptors (Lipinski definition) is 6. The molecule has 0 aliphatic carbocycles. The molecule has 5 atom stereocenters. The van der Waals surface area contributed by atoms with Crippen LogP contribution in [0.2, 0.25) is 0 Å². The second-order valence-electron chi connectivity index (χ2n) is 4.18. The van der Waals surface area contributed by atoms with Gasteiger partial charge in [-0.3, -0.25) is 0 Å². The number of aryl methyl sites for hydroxylation is 1. The first-order chi connectivity index (χ1) is 8.04. The predicted octanol–water partition coefficient (Wildman–Crippen LogP) is -1.84. The Kier molecular flexibility index (Phi) is 3.45. The van der Waals surface area contributed by atoms with Crippen molar-refractivity contribution in [3.05, 3.63) is 18.2 Å². The van der Waals surface area contributed by atoms with E-state index >= 15 is 0 Å². The van der Waals surface area contributed by atoms with E-state index in [9.17, 15) is 15.3 Å². The molecule has 17 heavy (non-hydrogen) atoms. The first-order valence-corrected chi connectivity index (χ1v) is 5.35. The summed E-state index contributed by atoms with van der Waals surface area (Å²) in [6, 6.07) is 0.